The molecule has 5 nitrogen and oxygen atoms in total. The van der Waals surface area contributed by atoms with Crippen LogP contribution in [0.2, 0.25) is 0 Å². The molecule has 0 saturated heterocycles. The van der Waals surface area contributed by atoms with E-state index in [-0.39, 0.29) is 11.3 Å². The number of hydrogen-bond donors (Lipinski definition) is 3. The van der Waals surface area contributed by atoms with Crippen LogP contribution in [0.15, 0.2) is 65.7 Å². The van der Waals surface area contributed by atoms with Gasteiger partial charge in [-0.25, -0.2) is 0 Å². The molecule has 1 amide bonds. The summed E-state index contributed by atoms with van der Waals surface area (Å²) in [7, 11) is 1.76. The maximum absolute atomic E-state index is 12.0. The fourth-order valence-corrected chi connectivity index (χ4v) is 3.16. The topological polar surface area (TPSA) is 65.5 Å². The average Bonchev–Trinajstić information content (AvgIpc) is 3.51. The van der Waals surface area contributed by atoms with Gasteiger partial charge in [0.15, 0.2) is 5.96 Å². The quantitative estimate of drug-likeness (QED) is 0.498. The molecular weight excluding hydrogens is 336 g/mol. The van der Waals surface area contributed by atoms with Crippen molar-refractivity contribution < 1.29 is 4.79 Å². The Morgan fingerprint density at radius 2 is 1.63 bits per heavy atom. The van der Waals surface area contributed by atoms with Gasteiger partial charge in [0.1, 0.15) is 0 Å². The highest BCUT2D eigenvalue weighted by Crippen LogP contribution is 2.47. The largest absolute Gasteiger partial charge is 0.356 e. The smallest absolute Gasteiger partial charge is 0.222 e. The molecule has 27 heavy (non-hydrogen) atoms. The van der Waals surface area contributed by atoms with Crippen molar-refractivity contribution in [3.05, 3.63) is 71.8 Å². The lowest BCUT2D eigenvalue weighted by atomic mass is 9.96. The van der Waals surface area contributed by atoms with Crippen molar-refractivity contribution in [2.75, 3.05) is 20.1 Å². The summed E-state index contributed by atoms with van der Waals surface area (Å²) in [4.78, 5) is 16.3. The number of nitrogens with zero attached hydrogens (tertiary/aromatic N) is 1. The number of nitrogens with one attached hydrogen (secondary N) is 3. The Kier molecular flexibility index (Phi) is 6.47. The first-order valence-electron chi connectivity index (χ1n) is 9.52. The molecular formula is C22H28N4O. The third kappa shape index (κ3) is 5.58. The molecule has 3 N–H and O–H groups in total. The van der Waals surface area contributed by atoms with Gasteiger partial charge in [-0.1, -0.05) is 60.7 Å². The number of benzene rings is 2. The summed E-state index contributed by atoms with van der Waals surface area (Å²) in [6.07, 6.45) is 2.81. The first kappa shape index (κ1) is 19.0. The number of carbonyl (C=O) groups excluding carboxylic acids is 1. The zero-order valence-electron chi connectivity index (χ0n) is 15.9. The monoisotopic (exact) mass is 364 g/mol. The van der Waals surface area contributed by atoms with E-state index in [1.54, 1.807) is 7.05 Å². The zero-order chi connectivity index (χ0) is 19.0. The van der Waals surface area contributed by atoms with Crippen molar-refractivity contribution in [1.29, 1.82) is 0 Å². The summed E-state index contributed by atoms with van der Waals surface area (Å²) in [5.74, 6) is 0.776. The minimum atomic E-state index is 0.0322. The summed E-state index contributed by atoms with van der Waals surface area (Å²) < 4.78 is 0. The van der Waals surface area contributed by atoms with Crippen LogP contribution in [-0.2, 0) is 16.8 Å². The molecule has 1 saturated carbocycles. The number of hydrogen-bond acceptors (Lipinski definition) is 2. The Morgan fingerprint density at radius 3 is 2.26 bits per heavy atom. The molecule has 2 aromatic rings. The normalized spacial score (nSPS) is 15.1. The molecule has 0 aromatic heterocycles. The van der Waals surface area contributed by atoms with Crippen LogP contribution < -0.4 is 16.0 Å². The van der Waals surface area contributed by atoms with Gasteiger partial charge in [-0.3, -0.25) is 9.79 Å². The van der Waals surface area contributed by atoms with Crippen molar-refractivity contribution in [2.24, 2.45) is 4.99 Å². The molecule has 1 aliphatic rings. The second-order valence-electron chi connectivity index (χ2n) is 7.01. The Labute approximate surface area is 161 Å². The SMILES string of the molecule is CN=C(NCCC(=O)NCc1ccccc1)NCC1(c2ccccc2)CC1. The third-order valence-electron chi connectivity index (χ3n) is 5.03. The summed E-state index contributed by atoms with van der Waals surface area (Å²) in [6, 6.07) is 20.6. The number of aliphatic imine (C=N–C) groups is 1. The molecule has 142 valence electrons. The van der Waals surface area contributed by atoms with E-state index in [1.165, 1.54) is 18.4 Å². The molecule has 0 spiro atoms. The summed E-state index contributed by atoms with van der Waals surface area (Å²) in [6.45, 7) is 1.97. The van der Waals surface area contributed by atoms with E-state index in [0.29, 0.717) is 19.5 Å². The van der Waals surface area contributed by atoms with E-state index in [0.717, 1.165) is 18.1 Å². The molecule has 0 aliphatic heterocycles. The summed E-state index contributed by atoms with van der Waals surface area (Å²) in [5, 5.41) is 9.58. The Bertz CT molecular complexity index is 754. The maximum atomic E-state index is 12.0. The maximum Gasteiger partial charge on any atom is 0.222 e. The summed E-state index contributed by atoms with van der Waals surface area (Å²) in [5.41, 5.74) is 2.71. The molecule has 0 radical (unpaired) electrons. The predicted octanol–water partition coefficient (Wildman–Crippen LogP) is 2.59. The molecule has 5 heteroatoms. The van der Waals surface area contributed by atoms with E-state index < -0.39 is 0 Å². The third-order valence-corrected chi connectivity index (χ3v) is 5.03. The lowest BCUT2D eigenvalue weighted by Crippen LogP contribution is -2.42. The second-order valence-corrected chi connectivity index (χ2v) is 7.01. The Hall–Kier alpha value is -2.82. The van der Waals surface area contributed by atoms with Crippen LogP contribution in [0.1, 0.15) is 30.4 Å². The summed E-state index contributed by atoms with van der Waals surface area (Å²) >= 11 is 0. The molecule has 0 atom stereocenters. The molecule has 0 unspecified atom stereocenters. The fourth-order valence-electron chi connectivity index (χ4n) is 3.16. The standard InChI is InChI=1S/C22H28N4O/c1-23-21(26-17-22(13-14-22)19-10-6-3-7-11-19)24-15-12-20(27)25-16-18-8-4-2-5-9-18/h2-11H,12-17H2,1H3,(H,25,27)(H2,23,24,26). The zero-order valence-corrected chi connectivity index (χ0v) is 15.9. The number of amides is 1. The van der Waals surface area contributed by atoms with E-state index in [1.807, 2.05) is 30.3 Å². The van der Waals surface area contributed by atoms with E-state index in [9.17, 15) is 4.79 Å². The van der Waals surface area contributed by atoms with Gasteiger partial charge < -0.3 is 16.0 Å². The van der Waals surface area contributed by atoms with Crippen LogP contribution in [0.4, 0.5) is 0 Å². The van der Waals surface area contributed by atoms with E-state index >= 15 is 0 Å². The molecule has 3 rings (SSSR count). The van der Waals surface area contributed by atoms with Crippen LogP contribution in [-0.4, -0.2) is 32.0 Å². The predicted molar refractivity (Wildman–Crippen MR) is 110 cm³/mol. The van der Waals surface area contributed by atoms with Gasteiger partial charge in [-0.05, 0) is 24.0 Å². The highest BCUT2D eigenvalue weighted by Gasteiger charge is 2.43. The van der Waals surface area contributed by atoms with Crippen molar-refractivity contribution in [3.63, 3.8) is 0 Å². The average molecular weight is 364 g/mol. The molecule has 1 aliphatic carbocycles. The number of rotatable bonds is 8. The Morgan fingerprint density at radius 1 is 0.963 bits per heavy atom. The lowest BCUT2D eigenvalue weighted by molar-refractivity contribution is -0.121. The highest BCUT2D eigenvalue weighted by atomic mass is 16.1. The van der Waals surface area contributed by atoms with Crippen LogP contribution in [0.5, 0.6) is 0 Å². The first-order valence-corrected chi connectivity index (χ1v) is 9.52. The van der Waals surface area contributed by atoms with Crippen molar-refractivity contribution in [2.45, 2.75) is 31.2 Å². The van der Waals surface area contributed by atoms with E-state index in [2.05, 4.69) is 51.3 Å². The molecule has 0 heterocycles. The number of guanidine groups is 1. The molecule has 1 fully saturated rings. The van der Waals surface area contributed by atoms with Crippen LogP contribution in [0.3, 0.4) is 0 Å². The molecule has 2 aromatic carbocycles. The first-order chi connectivity index (χ1) is 13.2. The van der Waals surface area contributed by atoms with E-state index in [4.69, 9.17) is 0 Å². The number of carbonyl (C=O) groups is 1. The minimum Gasteiger partial charge on any atom is -0.356 e. The second kappa shape index (κ2) is 9.21. The lowest BCUT2D eigenvalue weighted by Gasteiger charge is -2.19. The van der Waals surface area contributed by atoms with Gasteiger partial charge in [0.25, 0.3) is 0 Å². The van der Waals surface area contributed by atoms with Gasteiger partial charge >= 0.3 is 0 Å². The van der Waals surface area contributed by atoms with Crippen molar-refractivity contribution >= 4 is 11.9 Å². The van der Waals surface area contributed by atoms with Crippen LogP contribution in [0, 0.1) is 0 Å². The van der Waals surface area contributed by atoms with Crippen molar-refractivity contribution in [1.82, 2.24) is 16.0 Å². The van der Waals surface area contributed by atoms with Crippen LogP contribution in [0.25, 0.3) is 0 Å². The minimum absolute atomic E-state index is 0.0322. The molecule has 0 bridgehead atoms. The van der Waals surface area contributed by atoms with Crippen LogP contribution >= 0.6 is 0 Å². The van der Waals surface area contributed by atoms with Gasteiger partial charge in [0.05, 0.1) is 0 Å². The van der Waals surface area contributed by atoms with Gasteiger partial charge in [-0.15, -0.1) is 0 Å². The fraction of sp³-hybridized carbons (Fsp3) is 0.364. The highest BCUT2D eigenvalue weighted by molar-refractivity contribution is 5.81. The Balaban J connectivity index is 1.36. The van der Waals surface area contributed by atoms with Crippen molar-refractivity contribution in [3.8, 4) is 0 Å². The van der Waals surface area contributed by atoms with Gasteiger partial charge in [-0.2, -0.15) is 0 Å². The van der Waals surface area contributed by atoms with Gasteiger partial charge in [0, 0.05) is 38.5 Å². The van der Waals surface area contributed by atoms with Gasteiger partial charge in [0.2, 0.25) is 5.91 Å².